The molecule has 7 heteroatoms. The van der Waals surface area contributed by atoms with E-state index in [0.29, 0.717) is 31.7 Å². The summed E-state index contributed by atoms with van der Waals surface area (Å²) in [6.07, 6.45) is -0.784. The minimum atomic E-state index is -2.69. The lowest BCUT2D eigenvalue weighted by Gasteiger charge is -2.35. The van der Waals surface area contributed by atoms with Crippen molar-refractivity contribution in [2.75, 3.05) is 26.2 Å². The van der Waals surface area contributed by atoms with Gasteiger partial charge in [0.05, 0.1) is 0 Å². The fourth-order valence-electron chi connectivity index (χ4n) is 2.89. The lowest BCUT2D eigenvalue weighted by atomic mass is 10.1. The molecule has 5 nitrogen and oxygen atoms in total. The molecule has 0 spiro atoms. The van der Waals surface area contributed by atoms with E-state index in [1.807, 2.05) is 0 Å². The number of amides is 3. The van der Waals surface area contributed by atoms with Crippen LogP contribution in [0.15, 0.2) is 30.3 Å². The van der Waals surface area contributed by atoms with Crippen LogP contribution in [-0.4, -0.2) is 54.3 Å². The molecule has 130 valence electrons. The maximum Gasteiger partial charge on any atom is 0.318 e. The maximum atomic E-state index is 13.3. The molecule has 1 N–H and O–H groups in total. The molecule has 0 radical (unpaired) electrons. The van der Waals surface area contributed by atoms with E-state index in [-0.39, 0.29) is 11.8 Å². The van der Waals surface area contributed by atoms with Crippen molar-refractivity contribution < 1.29 is 18.4 Å². The number of hydrogen-bond donors (Lipinski definition) is 1. The van der Waals surface area contributed by atoms with Crippen LogP contribution < -0.4 is 5.32 Å². The second kappa shape index (κ2) is 7.15. The second-order valence-electron chi connectivity index (χ2n) is 6.26. The zero-order valence-electron chi connectivity index (χ0n) is 13.3. The normalized spacial score (nSPS) is 19.3. The van der Waals surface area contributed by atoms with E-state index in [1.165, 1.54) is 4.90 Å². The van der Waals surface area contributed by atoms with E-state index in [4.69, 9.17) is 0 Å². The van der Waals surface area contributed by atoms with Crippen molar-refractivity contribution >= 4 is 11.9 Å². The van der Waals surface area contributed by atoms with Crippen LogP contribution in [0, 0.1) is 5.92 Å². The van der Waals surface area contributed by atoms with E-state index in [0.717, 1.165) is 12.8 Å². The topological polar surface area (TPSA) is 52.7 Å². The summed E-state index contributed by atoms with van der Waals surface area (Å²) in [5.41, 5.74) is 0.378. The van der Waals surface area contributed by atoms with Crippen LogP contribution in [0.5, 0.6) is 0 Å². The molecular weight excluding hydrogens is 316 g/mol. The monoisotopic (exact) mass is 337 g/mol. The smallest absolute Gasteiger partial charge is 0.318 e. The Morgan fingerprint density at radius 1 is 1.00 bits per heavy atom. The molecule has 1 saturated heterocycles. The van der Waals surface area contributed by atoms with Crippen LogP contribution in [0.25, 0.3) is 0 Å². The molecule has 1 aromatic carbocycles. The Balaban J connectivity index is 1.55. The first kappa shape index (κ1) is 16.7. The van der Waals surface area contributed by atoms with Gasteiger partial charge in [-0.3, -0.25) is 4.79 Å². The number of hydrogen-bond acceptors (Lipinski definition) is 2. The lowest BCUT2D eigenvalue weighted by Crippen LogP contribution is -2.54. The molecule has 1 heterocycles. The highest BCUT2D eigenvalue weighted by Gasteiger charge is 2.35. The number of carbonyl (C=O) groups is 2. The van der Waals surface area contributed by atoms with Crippen LogP contribution in [0.2, 0.25) is 0 Å². The fourth-order valence-corrected chi connectivity index (χ4v) is 2.89. The third-order valence-corrected chi connectivity index (χ3v) is 4.49. The van der Waals surface area contributed by atoms with Gasteiger partial charge in [0.2, 0.25) is 5.91 Å². The Morgan fingerprint density at radius 3 is 2.12 bits per heavy atom. The molecular formula is C17H21F2N3O2. The lowest BCUT2D eigenvalue weighted by molar-refractivity contribution is -0.133. The molecule has 0 bridgehead atoms. The van der Waals surface area contributed by atoms with Gasteiger partial charge < -0.3 is 15.1 Å². The summed E-state index contributed by atoms with van der Waals surface area (Å²) in [6.45, 7) is 1.67. The van der Waals surface area contributed by atoms with Crippen molar-refractivity contribution in [1.82, 2.24) is 15.1 Å². The minimum Gasteiger partial charge on any atom is -0.339 e. The quantitative estimate of drug-likeness (QED) is 0.916. The van der Waals surface area contributed by atoms with Crippen LogP contribution in [-0.2, 0) is 4.79 Å². The van der Waals surface area contributed by atoms with Gasteiger partial charge in [0.1, 0.15) is 6.04 Å². The van der Waals surface area contributed by atoms with E-state index in [2.05, 4.69) is 5.32 Å². The molecule has 2 fully saturated rings. The summed E-state index contributed by atoms with van der Waals surface area (Å²) < 4.78 is 26.6. The number of halogens is 2. The van der Waals surface area contributed by atoms with Crippen molar-refractivity contribution in [2.24, 2.45) is 5.92 Å². The number of benzene rings is 1. The number of carbonyl (C=O) groups excluding carboxylic acids is 2. The molecule has 1 aliphatic heterocycles. The average molecular weight is 337 g/mol. The molecule has 3 amide bonds. The first-order valence-corrected chi connectivity index (χ1v) is 8.23. The van der Waals surface area contributed by atoms with E-state index < -0.39 is 18.5 Å². The number of urea groups is 1. The molecule has 3 rings (SSSR count). The number of nitrogens with one attached hydrogen (secondary N) is 1. The number of rotatable bonds is 4. The number of alkyl halides is 2. The van der Waals surface area contributed by atoms with Gasteiger partial charge in [-0.05, 0) is 18.4 Å². The predicted octanol–water partition coefficient (Wildman–Crippen LogP) is 2.26. The Labute approximate surface area is 139 Å². The van der Waals surface area contributed by atoms with Gasteiger partial charge in [0, 0.05) is 32.1 Å². The van der Waals surface area contributed by atoms with Gasteiger partial charge in [-0.1, -0.05) is 30.3 Å². The predicted molar refractivity (Wildman–Crippen MR) is 84.6 cm³/mol. The average Bonchev–Trinajstić information content (AvgIpc) is 3.44. The highest BCUT2D eigenvalue weighted by atomic mass is 19.3. The molecule has 0 aromatic heterocycles. The first-order chi connectivity index (χ1) is 11.6. The minimum absolute atomic E-state index is 0.157. The Bertz CT molecular complexity index is 585. The van der Waals surface area contributed by atoms with Gasteiger partial charge in [-0.2, -0.15) is 0 Å². The third kappa shape index (κ3) is 3.83. The van der Waals surface area contributed by atoms with Crippen LogP contribution >= 0.6 is 0 Å². The summed E-state index contributed by atoms with van der Waals surface area (Å²) in [6, 6.07) is 6.38. The second-order valence-corrected chi connectivity index (χ2v) is 6.26. The molecule has 1 atom stereocenters. The van der Waals surface area contributed by atoms with Crippen LogP contribution in [0.4, 0.5) is 13.6 Å². The SMILES string of the molecule is O=C(NC(c1ccccc1)C(F)F)N1CCN(C(=O)C2CC2)CC1. The van der Waals surface area contributed by atoms with Gasteiger partial charge >= 0.3 is 6.03 Å². The Kier molecular flexibility index (Phi) is 4.97. The standard InChI is InChI=1S/C17H21F2N3O2/c18-15(19)14(12-4-2-1-3-5-12)20-17(24)22-10-8-21(9-11-22)16(23)13-6-7-13/h1-5,13-15H,6-11H2,(H,20,24). The van der Waals surface area contributed by atoms with Crippen molar-refractivity contribution in [2.45, 2.75) is 25.3 Å². The largest absolute Gasteiger partial charge is 0.339 e. The van der Waals surface area contributed by atoms with Gasteiger partial charge in [0.25, 0.3) is 6.43 Å². The summed E-state index contributed by atoms with van der Waals surface area (Å²) in [4.78, 5) is 27.5. The summed E-state index contributed by atoms with van der Waals surface area (Å²) in [5.74, 6) is 0.316. The zero-order chi connectivity index (χ0) is 17.1. The summed E-state index contributed by atoms with van der Waals surface area (Å²) in [7, 11) is 0. The first-order valence-electron chi connectivity index (χ1n) is 8.23. The van der Waals surface area contributed by atoms with Crippen molar-refractivity contribution in [3.05, 3.63) is 35.9 Å². The summed E-state index contributed by atoms with van der Waals surface area (Å²) >= 11 is 0. The van der Waals surface area contributed by atoms with Crippen molar-refractivity contribution in [3.8, 4) is 0 Å². The van der Waals surface area contributed by atoms with Crippen LogP contribution in [0.3, 0.4) is 0 Å². The van der Waals surface area contributed by atoms with Crippen molar-refractivity contribution in [1.29, 1.82) is 0 Å². The van der Waals surface area contributed by atoms with Gasteiger partial charge in [-0.15, -0.1) is 0 Å². The van der Waals surface area contributed by atoms with Crippen molar-refractivity contribution in [3.63, 3.8) is 0 Å². The molecule has 1 aliphatic carbocycles. The fraction of sp³-hybridized carbons (Fsp3) is 0.529. The van der Waals surface area contributed by atoms with Crippen LogP contribution in [0.1, 0.15) is 24.4 Å². The third-order valence-electron chi connectivity index (χ3n) is 4.49. The molecule has 24 heavy (non-hydrogen) atoms. The zero-order valence-corrected chi connectivity index (χ0v) is 13.3. The maximum absolute atomic E-state index is 13.3. The summed E-state index contributed by atoms with van der Waals surface area (Å²) in [5, 5.41) is 2.42. The number of piperazine rings is 1. The van der Waals surface area contributed by atoms with E-state index >= 15 is 0 Å². The van der Waals surface area contributed by atoms with Gasteiger partial charge in [-0.25, -0.2) is 13.6 Å². The Morgan fingerprint density at radius 2 is 1.58 bits per heavy atom. The number of nitrogens with zero attached hydrogens (tertiary/aromatic N) is 2. The Hall–Kier alpha value is -2.18. The molecule has 1 saturated carbocycles. The molecule has 1 unspecified atom stereocenters. The van der Waals surface area contributed by atoms with Gasteiger partial charge in [0.15, 0.2) is 0 Å². The highest BCUT2D eigenvalue weighted by molar-refractivity contribution is 5.81. The highest BCUT2D eigenvalue weighted by Crippen LogP contribution is 2.31. The molecule has 1 aromatic rings. The molecule has 2 aliphatic rings. The van der Waals surface area contributed by atoms with E-state index in [9.17, 15) is 18.4 Å². The van der Waals surface area contributed by atoms with E-state index in [1.54, 1.807) is 35.2 Å².